The average molecular weight is 267 g/mol. The fourth-order valence-electron chi connectivity index (χ4n) is 2.40. The van der Waals surface area contributed by atoms with Crippen LogP contribution < -0.4 is 5.32 Å². The number of hydrogen-bond donors (Lipinski definition) is 1. The van der Waals surface area contributed by atoms with E-state index in [4.69, 9.17) is 0 Å². The van der Waals surface area contributed by atoms with E-state index < -0.39 is 9.84 Å². The molecule has 1 aliphatic heterocycles. The summed E-state index contributed by atoms with van der Waals surface area (Å²) in [7, 11) is -2.72. The molecule has 3 nitrogen and oxygen atoms in total. The topological polar surface area (TPSA) is 46.2 Å². The average Bonchev–Trinajstić information content (AvgIpc) is 2.70. The van der Waals surface area contributed by atoms with Crippen LogP contribution in [0.4, 0.5) is 0 Å². The Labute approximate surface area is 110 Å². The van der Waals surface area contributed by atoms with Crippen LogP contribution in [0.5, 0.6) is 0 Å². The van der Waals surface area contributed by atoms with Crippen LogP contribution in [0, 0.1) is 5.92 Å². The molecule has 1 aromatic rings. The molecular formula is C14H21NO2S. The van der Waals surface area contributed by atoms with Crippen LogP contribution >= 0.6 is 0 Å². The first kappa shape index (κ1) is 13.6. The number of hydrogen-bond acceptors (Lipinski definition) is 3. The van der Waals surface area contributed by atoms with Gasteiger partial charge in [0.2, 0.25) is 0 Å². The minimum Gasteiger partial charge on any atom is -0.316 e. The molecule has 1 atom stereocenters. The van der Waals surface area contributed by atoms with Crippen LogP contribution in [-0.4, -0.2) is 33.0 Å². The van der Waals surface area contributed by atoms with Gasteiger partial charge in [-0.05, 0) is 43.8 Å². The van der Waals surface area contributed by atoms with Gasteiger partial charge in [-0.3, -0.25) is 0 Å². The lowest BCUT2D eigenvalue weighted by Crippen LogP contribution is -2.24. The Morgan fingerprint density at radius 3 is 2.67 bits per heavy atom. The number of benzene rings is 1. The summed E-state index contributed by atoms with van der Waals surface area (Å²) < 4.78 is 22.6. The molecule has 0 spiro atoms. The summed E-state index contributed by atoms with van der Waals surface area (Å²) in [5, 5.41) is 3.37. The summed E-state index contributed by atoms with van der Waals surface area (Å²) in [6.45, 7) is 1.81. The highest BCUT2D eigenvalue weighted by Crippen LogP contribution is 2.17. The lowest BCUT2D eigenvalue weighted by Gasteiger charge is -2.09. The highest BCUT2D eigenvalue weighted by Gasteiger charge is 2.27. The van der Waals surface area contributed by atoms with Crippen molar-refractivity contribution in [3.8, 4) is 0 Å². The molecule has 1 N–H and O–H groups in total. The highest BCUT2D eigenvalue weighted by atomic mass is 32.2. The van der Waals surface area contributed by atoms with Gasteiger partial charge in [0.05, 0.1) is 11.5 Å². The molecule has 18 heavy (non-hydrogen) atoms. The van der Waals surface area contributed by atoms with Crippen molar-refractivity contribution in [2.24, 2.45) is 5.92 Å². The Hall–Kier alpha value is -0.870. The highest BCUT2D eigenvalue weighted by molar-refractivity contribution is 7.91. The second-order valence-electron chi connectivity index (χ2n) is 5.06. The summed E-state index contributed by atoms with van der Waals surface area (Å²) in [5.41, 5.74) is 1.36. The fraction of sp³-hybridized carbons (Fsp3) is 0.571. The van der Waals surface area contributed by atoms with Crippen molar-refractivity contribution in [1.29, 1.82) is 0 Å². The molecule has 0 radical (unpaired) electrons. The standard InChI is InChI=1S/C14H21NO2S/c16-18(17)10-8-14(12-18)11-15-9-4-7-13-5-2-1-3-6-13/h1-3,5-6,14-15H,4,7-12H2. The van der Waals surface area contributed by atoms with Crippen LogP contribution in [0.25, 0.3) is 0 Å². The first-order valence-electron chi connectivity index (χ1n) is 6.61. The third-order valence-electron chi connectivity index (χ3n) is 3.42. The Morgan fingerprint density at radius 2 is 2.00 bits per heavy atom. The Morgan fingerprint density at radius 1 is 1.22 bits per heavy atom. The van der Waals surface area contributed by atoms with E-state index in [9.17, 15) is 8.42 Å². The Kier molecular flexibility index (Phi) is 4.78. The van der Waals surface area contributed by atoms with Crippen LogP contribution in [0.3, 0.4) is 0 Å². The molecule has 4 heteroatoms. The molecule has 1 unspecified atom stereocenters. The largest absolute Gasteiger partial charge is 0.316 e. The first-order chi connectivity index (χ1) is 8.66. The first-order valence-corrected chi connectivity index (χ1v) is 8.43. The van der Waals surface area contributed by atoms with Gasteiger partial charge in [-0.25, -0.2) is 8.42 Å². The third-order valence-corrected chi connectivity index (χ3v) is 5.26. The van der Waals surface area contributed by atoms with Crippen molar-refractivity contribution in [2.45, 2.75) is 19.3 Å². The van der Waals surface area contributed by atoms with Gasteiger partial charge < -0.3 is 5.32 Å². The van der Waals surface area contributed by atoms with Gasteiger partial charge in [-0.1, -0.05) is 30.3 Å². The van der Waals surface area contributed by atoms with E-state index in [0.717, 1.165) is 32.4 Å². The van der Waals surface area contributed by atoms with Gasteiger partial charge in [0.1, 0.15) is 0 Å². The van der Waals surface area contributed by atoms with Gasteiger partial charge in [0.15, 0.2) is 9.84 Å². The van der Waals surface area contributed by atoms with Crippen molar-refractivity contribution in [3.05, 3.63) is 35.9 Å². The quantitative estimate of drug-likeness (QED) is 0.797. The maximum atomic E-state index is 11.3. The third kappa shape index (κ3) is 4.42. The molecule has 1 fully saturated rings. The molecule has 1 saturated heterocycles. The van der Waals surface area contributed by atoms with Crippen molar-refractivity contribution >= 4 is 9.84 Å². The van der Waals surface area contributed by atoms with Crippen LogP contribution in [-0.2, 0) is 16.3 Å². The van der Waals surface area contributed by atoms with Gasteiger partial charge in [-0.15, -0.1) is 0 Å². The number of nitrogens with one attached hydrogen (secondary N) is 1. The molecule has 100 valence electrons. The molecule has 0 saturated carbocycles. The van der Waals surface area contributed by atoms with Gasteiger partial charge >= 0.3 is 0 Å². The minimum atomic E-state index is -2.72. The molecule has 2 rings (SSSR count). The predicted molar refractivity (Wildman–Crippen MR) is 74.4 cm³/mol. The lowest BCUT2D eigenvalue weighted by molar-refractivity contribution is 0.515. The summed E-state index contributed by atoms with van der Waals surface area (Å²) in [5.74, 6) is 1.08. The van der Waals surface area contributed by atoms with E-state index in [-0.39, 0.29) is 0 Å². The second-order valence-corrected chi connectivity index (χ2v) is 7.29. The van der Waals surface area contributed by atoms with Gasteiger partial charge in [-0.2, -0.15) is 0 Å². The summed E-state index contributed by atoms with van der Waals surface area (Å²) in [6, 6.07) is 10.4. The van der Waals surface area contributed by atoms with Crippen molar-refractivity contribution in [3.63, 3.8) is 0 Å². The van der Waals surface area contributed by atoms with Gasteiger partial charge in [0.25, 0.3) is 0 Å². The van der Waals surface area contributed by atoms with Crippen molar-refractivity contribution in [1.82, 2.24) is 5.32 Å². The zero-order valence-corrected chi connectivity index (χ0v) is 11.5. The summed E-state index contributed by atoms with van der Waals surface area (Å²) >= 11 is 0. The number of aryl methyl sites for hydroxylation is 1. The fourth-order valence-corrected chi connectivity index (χ4v) is 4.26. The normalized spacial score (nSPS) is 22.1. The van der Waals surface area contributed by atoms with E-state index in [1.807, 2.05) is 6.07 Å². The maximum absolute atomic E-state index is 11.3. The molecular weight excluding hydrogens is 246 g/mol. The van der Waals surface area contributed by atoms with Gasteiger partial charge in [0, 0.05) is 0 Å². The van der Waals surface area contributed by atoms with Crippen molar-refractivity contribution < 1.29 is 8.42 Å². The Balaban J connectivity index is 1.57. The summed E-state index contributed by atoms with van der Waals surface area (Å²) in [4.78, 5) is 0. The number of sulfone groups is 1. The smallest absolute Gasteiger partial charge is 0.150 e. The predicted octanol–water partition coefficient (Wildman–Crippen LogP) is 1.64. The zero-order chi connectivity index (χ0) is 12.8. The summed E-state index contributed by atoms with van der Waals surface area (Å²) in [6.07, 6.45) is 3.01. The second kappa shape index (κ2) is 6.34. The van der Waals surface area contributed by atoms with Crippen LogP contribution in [0.1, 0.15) is 18.4 Å². The maximum Gasteiger partial charge on any atom is 0.150 e. The minimum absolute atomic E-state index is 0.326. The van der Waals surface area contributed by atoms with E-state index in [2.05, 4.69) is 29.6 Å². The molecule has 0 amide bonds. The van der Waals surface area contributed by atoms with Crippen molar-refractivity contribution in [2.75, 3.05) is 24.6 Å². The SMILES string of the molecule is O=S1(=O)CCC(CNCCCc2ccccc2)C1. The van der Waals surface area contributed by atoms with Crippen LogP contribution in [0.15, 0.2) is 30.3 Å². The Bertz CT molecular complexity index is 456. The molecule has 1 heterocycles. The monoisotopic (exact) mass is 267 g/mol. The van der Waals surface area contributed by atoms with E-state index in [0.29, 0.717) is 17.4 Å². The van der Waals surface area contributed by atoms with E-state index in [1.165, 1.54) is 5.56 Å². The zero-order valence-electron chi connectivity index (χ0n) is 10.6. The van der Waals surface area contributed by atoms with E-state index >= 15 is 0 Å². The molecule has 0 aliphatic carbocycles. The van der Waals surface area contributed by atoms with Crippen LogP contribution in [0.2, 0.25) is 0 Å². The number of rotatable bonds is 6. The van der Waals surface area contributed by atoms with E-state index in [1.54, 1.807) is 0 Å². The molecule has 1 aromatic carbocycles. The molecule has 1 aliphatic rings. The lowest BCUT2D eigenvalue weighted by atomic mass is 10.1. The molecule has 0 bridgehead atoms. The molecule has 0 aromatic heterocycles.